The van der Waals surface area contributed by atoms with Crippen LogP contribution in [-0.4, -0.2) is 12.6 Å². The van der Waals surface area contributed by atoms with Crippen molar-refractivity contribution in [1.82, 2.24) is 0 Å². The number of ether oxygens (including phenoxy) is 2. The zero-order chi connectivity index (χ0) is 19.3. The summed E-state index contributed by atoms with van der Waals surface area (Å²) >= 11 is 0. The van der Waals surface area contributed by atoms with Crippen LogP contribution >= 0.6 is 0 Å². The number of fused-ring (bicyclic) bond motifs is 1. The van der Waals surface area contributed by atoms with E-state index in [2.05, 4.69) is 0 Å². The summed E-state index contributed by atoms with van der Waals surface area (Å²) in [6, 6.07) is 14.9. The molecule has 3 aromatic rings. The summed E-state index contributed by atoms with van der Waals surface area (Å²) < 4.78 is 16.4. The zero-order valence-corrected chi connectivity index (χ0v) is 15.6. The molecule has 1 saturated carbocycles. The van der Waals surface area contributed by atoms with Crippen molar-refractivity contribution >= 4 is 16.9 Å². The summed E-state index contributed by atoms with van der Waals surface area (Å²) in [5, 5.41) is 0.691. The van der Waals surface area contributed by atoms with Crippen molar-refractivity contribution in [1.29, 1.82) is 0 Å². The van der Waals surface area contributed by atoms with E-state index in [0.717, 1.165) is 12.4 Å². The van der Waals surface area contributed by atoms with Gasteiger partial charge in [-0.15, -0.1) is 0 Å². The van der Waals surface area contributed by atoms with Gasteiger partial charge in [0.05, 0.1) is 12.2 Å². The maximum absolute atomic E-state index is 12.4. The molecule has 2 aromatic carbocycles. The standard InChI is InChI=1S/C23H22O5/c24-22-13-8-18-14-20(11-12-21(18)28-22)27-23(25)17-6-9-19(10-7-17)26-15-16-4-2-1-3-5-16/h6-14,16H,1-5,15H2. The number of carbonyl (C=O) groups is 1. The van der Waals surface area contributed by atoms with Gasteiger partial charge in [-0.2, -0.15) is 0 Å². The molecular formula is C23H22O5. The molecule has 0 amide bonds. The van der Waals surface area contributed by atoms with Gasteiger partial charge in [0.25, 0.3) is 0 Å². The van der Waals surface area contributed by atoms with Gasteiger partial charge in [-0.25, -0.2) is 9.59 Å². The maximum atomic E-state index is 12.4. The van der Waals surface area contributed by atoms with E-state index >= 15 is 0 Å². The summed E-state index contributed by atoms with van der Waals surface area (Å²) in [5.74, 6) is 1.35. The quantitative estimate of drug-likeness (QED) is 0.356. The molecule has 5 heteroatoms. The maximum Gasteiger partial charge on any atom is 0.343 e. The smallest absolute Gasteiger partial charge is 0.343 e. The van der Waals surface area contributed by atoms with E-state index in [1.54, 1.807) is 48.5 Å². The number of esters is 1. The molecule has 1 aromatic heterocycles. The molecule has 0 atom stereocenters. The van der Waals surface area contributed by atoms with E-state index in [1.165, 1.54) is 38.2 Å². The molecule has 0 spiro atoms. The van der Waals surface area contributed by atoms with Gasteiger partial charge in [0.15, 0.2) is 0 Å². The highest BCUT2D eigenvalue weighted by Gasteiger charge is 2.14. The van der Waals surface area contributed by atoms with Crippen molar-refractivity contribution < 1.29 is 18.7 Å². The molecule has 144 valence electrons. The van der Waals surface area contributed by atoms with Crippen LogP contribution in [0.3, 0.4) is 0 Å². The van der Waals surface area contributed by atoms with E-state index in [-0.39, 0.29) is 0 Å². The van der Waals surface area contributed by atoms with E-state index in [1.807, 2.05) is 0 Å². The minimum absolute atomic E-state index is 0.393. The molecule has 1 aliphatic carbocycles. The summed E-state index contributed by atoms with van der Waals surface area (Å²) in [6.45, 7) is 0.733. The van der Waals surface area contributed by atoms with Crippen LogP contribution in [0.1, 0.15) is 42.5 Å². The highest BCUT2D eigenvalue weighted by molar-refractivity contribution is 5.91. The van der Waals surface area contributed by atoms with Crippen LogP contribution in [0.5, 0.6) is 11.5 Å². The van der Waals surface area contributed by atoms with E-state index in [4.69, 9.17) is 13.9 Å². The molecule has 0 bridgehead atoms. The third-order valence-electron chi connectivity index (χ3n) is 5.10. The third kappa shape index (κ3) is 4.42. The Kier molecular flexibility index (Phi) is 5.42. The molecule has 0 unspecified atom stereocenters. The Balaban J connectivity index is 1.37. The van der Waals surface area contributed by atoms with Gasteiger partial charge >= 0.3 is 11.6 Å². The van der Waals surface area contributed by atoms with Crippen molar-refractivity contribution in [2.75, 3.05) is 6.61 Å². The van der Waals surface area contributed by atoms with Crippen molar-refractivity contribution in [3.63, 3.8) is 0 Å². The largest absolute Gasteiger partial charge is 0.493 e. The third-order valence-corrected chi connectivity index (χ3v) is 5.10. The molecule has 5 nitrogen and oxygen atoms in total. The van der Waals surface area contributed by atoms with E-state index < -0.39 is 11.6 Å². The molecule has 0 saturated heterocycles. The van der Waals surface area contributed by atoms with Crippen LogP contribution in [0.25, 0.3) is 11.0 Å². The van der Waals surface area contributed by atoms with Gasteiger partial charge in [0.2, 0.25) is 0 Å². The van der Waals surface area contributed by atoms with Crippen molar-refractivity contribution in [2.45, 2.75) is 32.1 Å². The Labute approximate surface area is 162 Å². The monoisotopic (exact) mass is 378 g/mol. The first kappa shape index (κ1) is 18.3. The fraction of sp³-hybridized carbons (Fsp3) is 0.304. The fourth-order valence-corrected chi connectivity index (χ4v) is 3.53. The van der Waals surface area contributed by atoms with E-state index in [0.29, 0.717) is 28.2 Å². The first-order valence-electron chi connectivity index (χ1n) is 9.66. The molecule has 0 radical (unpaired) electrons. The van der Waals surface area contributed by atoms with Crippen molar-refractivity contribution in [3.8, 4) is 11.5 Å². The minimum atomic E-state index is -0.449. The summed E-state index contributed by atoms with van der Waals surface area (Å²) in [6.07, 6.45) is 6.39. The van der Waals surface area contributed by atoms with Crippen molar-refractivity contribution in [2.24, 2.45) is 5.92 Å². The average molecular weight is 378 g/mol. The van der Waals surface area contributed by atoms with Crippen LogP contribution < -0.4 is 15.1 Å². The number of hydrogen-bond acceptors (Lipinski definition) is 5. The zero-order valence-electron chi connectivity index (χ0n) is 15.6. The Bertz CT molecular complexity index is 1010. The van der Waals surface area contributed by atoms with Gasteiger partial charge in [0.1, 0.15) is 17.1 Å². The van der Waals surface area contributed by atoms with Gasteiger partial charge in [0, 0.05) is 11.5 Å². The summed E-state index contributed by atoms with van der Waals surface area (Å²) in [4.78, 5) is 23.6. The Hall–Kier alpha value is -3.08. The van der Waals surface area contributed by atoms with Crippen LogP contribution in [0.4, 0.5) is 0 Å². The van der Waals surface area contributed by atoms with Crippen LogP contribution in [-0.2, 0) is 0 Å². The molecule has 0 N–H and O–H groups in total. The highest BCUT2D eigenvalue weighted by Crippen LogP contribution is 2.25. The predicted molar refractivity (Wildman–Crippen MR) is 106 cm³/mol. The molecule has 28 heavy (non-hydrogen) atoms. The Morgan fingerprint density at radius 2 is 1.68 bits per heavy atom. The molecule has 1 fully saturated rings. The number of hydrogen-bond donors (Lipinski definition) is 0. The average Bonchev–Trinajstić information content (AvgIpc) is 2.73. The first-order valence-corrected chi connectivity index (χ1v) is 9.66. The molecule has 1 aliphatic rings. The topological polar surface area (TPSA) is 65.7 Å². The van der Waals surface area contributed by atoms with Crippen LogP contribution in [0.15, 0.2) is 63.8 Å². The molecule has 0 aliphatic heterocycles. The summed E-state index contributed by atoms with van der Waals surface area (Å²) in [7, 11) is 0. The second-order valence-electron chi connectivity index (χ2n) is 7.18. The molecular weight excluding hydrogens is 356 g/mol. The van der Waals surface area contributed by atoms with Gasteiger partial charge in [-0.3, -0.25) is 0 Å². The van der Waals surface area contributed by atoms with Crippen LogP contribution in [0, 0.1) is 5.92 Å². The predicted octanol–water partition coefficient (Wildman–Crippen LogP) is 4.97. The highest BCUT2D eigenvalue weighted by atomic mass is 16.5. The van der Waals surface area contributed by atoms with Gasteiger partial charge in [-0.05, 0) is 67.3 Å². The molecule has 1 heterocycles. The van der Waals surface area contributed by atoms with Gasteiger partial charge < -0.3 is 13.9 Å². The number of rotatable bonds is 5. The number of carbonyl (C=O) groups excluding carboxylic acids is 1. The lowest BCUT2D eigenvalue weighted by molar-refractivity contribution is 0.0735. The Morgan fingerprint density at radius 1 is 0.929 bits per heavy atom. The first-order chi connectivity index (χ1) is 13.7. The fourth-order valence-electron chi connectivity index (χ4n) is 3.53. The Morgan fingerprint density at radius 3 is 2.46 bits per heavy atom. The summed E-state index contributed by atoms with van der Waals surface area (Å²) in [5.41, 5.74) is 0.486. The van der Waals surface area contributed by atoms with Crippen LogP contribution in [0.2, 0.25) is 0 Å². The second kappa shape index (κ2) is 8.30. The van der Waals surface area contributed by atoms with Gasteiger partial charge in [-0.1, -0.05) is 19.3 Å². The SMILES string of the molecule is O=C(Oc1ccc2oc(=O)ccc2c1)c1ccc(OCC2CCCCC2)cc1. The lowest BCUT2D eigenvalue weighted by Crippen LogP contribution is -2.15. The van der Waals surface area contributed by atoms with Crippen molar-refractivity contribution in [3.05, 3.63) is 70.6 Å². The lowest BCUT2D eigenvalue weighted by Gasteiger charge is -2.21. The molecule has 4 rings (SSSR count). The number of benzene rings is 2. The minimum Gasteiger partial charge on any atom is -0.493 e. The van der Waals surface area contributed by atoms with E-state index in [9.17, 15) is 9.59 Å². The lowest BCUT2D eigenvalue weighted by atomic mass is 9.90. The second-order valence-corrected chi connectivity index (χ2v) is 7.18. The normalized spacial score (nSPS) is 14.7.